The molecule has 0 saturated carbocycles. The lowest BCUT2D eigenvalue weighted by atomic mass is 10.1. The molecule has 7 nitrogen and oxygen atoms in total. The summed E-state index contributed by atoms with van der Waals surface area (Å²) in [6, 6.07) is 7.26. The van der Waals surface area contributed by atoms with Crippen molar-refractivity contribution in [3.05, 3.63) is 54.9 Å². The summed E-state index contributed by atoms with van der Waals surface area (Å²) < 4.78 is 13.0. The number of carbonyl (C=O) groups is 1. The number of aromatic nitrogens is 3. The molecule has 1 aliphatic heterocycles. The number of ether oxygens (including phenoxy) is 2. The van der Waals surface area contributed by atoms with E-state index in [0.717, 1.165) is 0 Å². The lowest BCUT2D eigenvalue weighted by Gasteiger charge is -2.33. The standard InChI is InChI=1S/C17H20N4O3/c1-2-10-24-16-6-4-3-5-15(16)17(22)20-9-11-23-14(12-20)13-21-8-7-18-19-21/h2-8,14H,1,9-13H2. The molecule has 0 spiro atoms. The third kappa shape index (κ3) is 3.80. The number of morpholine rings is 1. The fourth-order valence-corrected chi connectivity index (χ4v) is 2.64. The molecule has 2 heterocycles. The third-order valence-electron chi connectivity index (χ3n) is 3.76. The molecule has 1 unspecified atom stereocenters. The minimum Gasteiger partial charge on any atom is -0.489 e. The number of hydrogen-bond donors (Lipinski definition) is 0. The van der Waals surface area contributed by atoms with Crippen molar-refractivity contribution in [3.8, 4) is 5.75 Å². The van der Waals surface area contributed by atoms with Crippen molar-refractivity contribution >= 4 is 5.91 Å². The third-order valence-corrected chi connectivity index (χ3v) is 3.76. The molecule has 1 fully saturated rings. The Labute approximate surface area is 140 Å². The summed E-state index contributed by atoms with van der Waals surface area (Å²) in [7, 11) is 0. The lowest BCUT2D eigenvalue weighted by molar-refractivity contribution is -0.0302. The van der Waals surface area contributed by atoms with Crippen molar-refractivity contribution in [2.45, 2.75) is 12.6 Å². The van der Waals surface area contributed by atoms with E-state index in [0.29, 0.717) is 44.2 Å². The van der Waals surface area contributed by atoms with Gasteiger partial charge in [0.05, 0.1) is 31.0 Å². The van der Waals surface area contributed by atoms with Crippen molar-refractivity contribution in [3.63, 3.8) is 0 Å². The quantitative estimate of drug-likeness (QED) is 0.750. The van der Waals surface area contributed by atoms with Crippen LogP contribution in [0.2, 0.25) is 0 Å². The van der Waals surface area contributed by atoms with Crippen LogP contribution in [0.5, 0.6) is 5.75 Å². The van der Waals surface area contributed by atoms with Crippen molar-refractivity contribution < 1.29 is 14.3 Å². The van der Waals surface area contributed by atoms with Gasteiger partial charge in [-0.2, -0.15) is 0 Å². The van der Waals surface area contributed by atoms with Gasteiger partial charge in [0.2, 0.25) is 0 Å². The van der Waals surface area contributed by atoms with Gasteiger partial charge in [0.15, 0.2) is 0 Å². The molecule has 1 aromatic heterocycles. The normalized spacial score (nSPS) is 17.5. The zero-order valence-corrected chi connectivity index (χ0v) is 13.4. The van der Waals surface area contributed by atoms with Gasteiger partial charge in [0, 0.05) is 19.3 Å². The first-order valence-electron chi connectivity index (χ1n) is 7.85. The molecule has 1 saturated heterocycles. The molecular formula is C17H20N4O3. The summed E-state index contributed by atoms with van der Waals surface area (Å²) >= 11 is 0. The average Bonchev–Trinajstić information content (AvgIpc) is 3.13. The molecule has 1 aromatic carbocycles. The molecule has 1 amide bonds. The van der Waals surface area contributed by atoms with Crippen LogP contribution >= 0.6 is 0 Å². The van der Waals surface area contributed by atoms with E-state index in [1.807, 2.05) is 12.1 Å². The Balaban J connectivity index is 1.69. The van der Waals surface area contributed by atoms with E-state index in [9.17, 15) is 4.79 Å². The first-order valence-corrected chi connectivity index (χ1v) is 7.85. The summed E-state index contributed by atoms with van der Waals surface area (Å²) in [6.45, 7) is 6.13. The second-order valence-electron chi connectivity index (χ2n) is 5.46. The van der Waals surface area contributed by atoms with Gasteiger partial charge in [-0.05, 0) is 12.1 Å². The fourth-order valence-electron chi connectivity index (χ4n) is 2.64. The maximum Gasteiger partial charge on any atom is 0.257 e. The lowest BCUT2D eigenvalue weighted by Crippen LogP contribution is -2.47. The van der Waals surface area contributed by atoms with Crippen molar-refractivity contribution in [1.29, 1.82) is 0 Å². The van der Waals surface area contributed by atoms with Gasteiger partial charge in [-0.15, -0.1) is 5.10 Å². The Bertz CT molecular complexity index is 687. The number of carbonyl (C=O) groups excluding carboxylic acids is 1. The van der Waals surface area contributed by atoms with Crippen LogP contribution in [0.25, 0.3) is 0 Å². The van der Waals surface area contributed by atoms with Gasteiger partial charge in [0.25, 0.3) is 5.91 Å². The average molecular weight is 328 g/mol. The molecule has 1 aliphatic rings. The molecule has 1 atom stereocenters. The van der Waals surface area contributed by atoms with E-state index in [1.54, 1.807) is 40.2 Å². The van der Waals surface area contributed by atoms with E-state index >= 15 is 0 Å². The highest BCUT2D eigenvalue weighted by molar-refractivity contribution is 5.97. The maximum absolute atomic E-state index is 12.9. The Morgan fingerprint density at radius 1 is 1.46 bits per heavy atom. The number of benzene rings is 1. The predicted molar refractivity (Wildman–Crippen MR) is 87.8 cm³/mol. The number of hydrogen-bond acceptors (Lipinski definition) is 5. The SMILES string of the molecule is C=CCOc1ccccc1C(=O)N1CCOC(Cn2ccnn2)C1. The second kappa shape index (κ2) is 7.74. The molecule has 0 N–H and O–H groups in total. The predicted octanol–water partition coefficient (Wildman–Crippen LogP) is 1.38. The highest BCUT2D eigenvalue weighted by Crippen LogP contribution is 2.21. The fraction of sp³-hybridized carbons (Fsp3) is 0.353. The number of para-hydroxylation sites is 1. The maximum atomic E-state index is 12.9. The summed E-state index contributed by atoms with van der Waals surface area (Å²) in [4.78, 5) is 14.7. The topological polar surface area (TPSA) is 69.5 Å². The molecule has 24 heavy (non-hydrogen) atoms. The van der Waals surface area contributed by atoms with Crippen LogP contribution in [0.4, 0.5) is 0 Å². The monoisotopic (exact) mass is 328 g/mol. The van der Waals surface area contributed by atoms with Crippen LogP contribution in [-0.2, 0) is 11.3 Å². The molecule has 0 bridgehead atoms. The van der Waals surface area contributed by atoms with Crippen LogP contribution in [0, 0.1) is 0 Å². The Kier molecular flexibility index (Phi) is 5.22. The summed E-state index contributed by atoms with van der Waals surface area (Å²) in [6.07, 6.45) is 4.96. The largest absolute Gasteiger partial charge is 0.489 e. The molecule has 126 valence electrons. The second-order valence-corrected chi connectivity index (χ2v) is 5.46. The Morgan fingerprint density at radius 2 is 2.33 bits per heavy atom. The van der Waals surface area contributed by atoms with Gasteiger partial charge in [-0.25, -0.2) is 4.68 Å². The minimum absolute atomic E-state index is 0.0541. The number of amides is 1. The smallest absolute Gasteiger partial charge is 0.257 e. The van der Waals surface area contributed by atoms with Crippen LogP contribution in [0.3, 0.4) is 0 Å². The zero-order chi connectivity index (χ0) is 16.8. The summed E-state index contributed by atoms with van der Waals surface area (Å²) in [5.74, 6) is 0.517. The zero-order valence-electron chi connectivity index (χ0n) is 13.4. The van der Waals surface area contributed by atoms with E-state index < -0.39 is 0 Å². The van der Waals surface area contributed by atoms with Gasteiger partial charge >= 0.3 is 0 Å². The molecule has 2 aromatic rings. The first kappa shape index (κ1) is 16.2. The van der Waals surface area contributed by atoms with Crippen LogP contribution in [-0.4, -0.2) is 58.2 Å². The van der Waals surface area contributed by atoms with Crippen molar-refractivity contribution in [2.75, 3.05) is 26.3 Å². The molecule has 7 heteroatoms. The summed E-state index contributed by atoms with van der Waals surface area (Å²) in [5.41, 5.74) is 0.556. The van der Waals surface area contributed by atoms with Gasteiger partial charge in [0.1, 0.15) is 12.4 Å². The van der Waals surface area contributed by atoms with Crippen LogP contribution in [0.15, 0.2) is 49.3 Å². The van der Waals surface area contributed by atoms with Gasteiger partial charge in [-0.3, -0.25) is 4.79 Å². The highest BCUT2D eigenvalue weighted by atomic mass is 16.5. The van der Waals surface area contributed by atoms with E-state index in [4.69, 9.17) is 9.47 Å². The molecular weight excluding hydrogens is 308 g/mol. The van der Waals surface area contributed by atoms with E-state index in [2.05, 4.69) is 16.9 Å². The molecule has 0 aliphatic carbocycles. The van der Waals surface area contributed by atoms with Crippen molar-refractivity contribution in [2.24, 2.45) is 0 Å². The minimum atomic E-state index is -0.106. The van der Waals surface area contributed by atoms with E-state index in [-0.39, 0.29) is 12.0 Å². The number of nitrogens with zero attached hydrogens (tertiary/aromatic N) is 4. The van der Waals surface area contributed by atoms with Gasteiger partial charge in [-0.1, -0.05) is 30.0 Å². The van der Waals surface area contributed by atoms with Crippen LogP contribution < -0.4 is 4.74 Å². The summed E-state index contributed by atoms with van der Waals surface area (Å²) in [5, 5.41) is 7.72. The van der Waals surface area contributed by atoms with Gasteiger partial charge < -0.3 is 14.4 Å². The Hall–Kier alpha value is -2.67. The molecule has 0 radical (unpaired) electrons. The highest BCUT2D eigenvalue weighted by Gasteiger charge is 2.27. The molecule has 3 rings (SSSR count). The van der Waals surface area contributed by atoms with Crippen LogP contribution in [0.1, 0.15) is 10.4 Å². The van der Waals surface area contributed by atoms with Crippen molar-refractivity contribution in [1.82, 2.24) is 19.9 Å². The van der Waals surface area contributed by atoms with E-state index in [1.165, 1.54) is 0 Å². The Morgan fingerprint density at radius 3 is 3.12 bits per heavy atom. The first-order chi connectivity index (χ1) is 11.8. The number of rotatable bonds is 6.